The number of thioether (sulfide) groups is 1. The maximum Gasteiger partial charge on any atom is 0.341 e. The van der Waals surface area contributed by atoms with E-state index >= 15 is 0 Å². The first kappa shape index (κ1) is 18.1. The SMILES string of the molecule is CCC(=O)N1CSCC1C(=O)NCc1cccc(OCC(=O)O)c1. The van der Waals surface area contributed by atoms with E-state index < -0.39 is 18.6 Å². The Hall–Kier alpha value is -2.22. The van der Waals surface area contributed by atoms with Crippen molar-refractivity contribution in [1.29, 1.82) is 0 Å². The highest BCUT2D eigenvalue weighted by Crippen LogP contribution is 2.22. The number of rotatable bonds is 7. The lowest BCUT2D eigenvalue weighted by Crippen LogP contribution is -2.46. The van der Waals surface area contributed by atoms with Gasteiger partial charge in [-0.15, -0.1) is 11.8 Å². The maximum atomic E-state index is 12.3. The number of carbonyl (C=O) groups excluding carboxylic acids is 2. The van der Waals surface area contributed by atoms with E-state index in [4.69, 9.17) is 9.84 Å². The van der Waals surface area contributed by atoms with Crippen molar-refractivity contribution < 1.29 is 24.2 Å². The number of carbonyl (C=O) groups is 3. The lowest BCUT2D eigenvalue weighted by molar-refractivity contribution is -0.139. The Bertz CT molecular complexity index is 622. The highest BCUT2D eigenvalue weighted by atomic mass is 32.2. The lowest BCUT2D eigenvalue weighted by Gasteiger charge is -2.22. The smallest absolute Gasteiger partial charge is 0.341 e. The second kappa shape index (κ2) is 8.58. The maximum absolute atomic E-state index is 12.3. The van der Waals surface area contributed by atoms with Crippen LogP contribution in [-0.4, -0.2) is 52.1 Å². The van der Waals surface area contributed by atoms with Gasteiger partial charge in [0.2, 0.25) is 11.8 Å². The van der Waals surface area contributed by atoms with Gasteiger partial charge in [-0.05, 0) is 17.7 Å². The van der Waals surface area contributed by atoms with Crippen LogP contribution in [0, 0.1) is 0 Å². The van der Waals surface area contributed by atoms with Gasteiger partial charge in [0.1, 0.15) is 11.8 Å². The highest BCUT2D eigenvalue weighted by molar-refractivity contribution is 7.99. The van der Waals surface area contributed by atoms with Crippen LogP contribution < -0.4 is 10.1 Å². The average molecular weight is 352 g/mol. The molecule has 7 nitrogen and oxygen atoms in total. The number of benzene rings is 1. The van der Waals surface area contributed by atoms with Gasteiger partial charge in [-0.1, -0.05) is 19.1 Å². The van der Waals surface area contributed by atoms with Gasteiger partial charge in [0, 0.05) is 18.7 Å². The van der Waals surface area contributed by atoms with Crippen molar-refractivity contribution >= 4 is 29.5 Å². The van der Waals surface area contributed by atoms with Gasteiger partial charge in [0.25, 0.3) is 0 Å². The van der Waals surface area contributed by atoms with Crippen LogP contribution in [0.5, 0.6) is 5.75 Å². The third-order valence-corrected chi connectivity index (χ3v) is 4.55. The number of carboxylic acid groups (broad SMARTS) is 1. The summed E-state index contributed by atoms with van der Waals surface area (Å²) in [6, 6.07) is 6.45. The number of carboxylic acids is 1. The second-order valence-electron chi connectivity index (χ2n) is 5.28. The second-order valence-corrected chi connectivity index (χ2v) is 6.28. The number of amides is 2. The lowest BCUT2D eigenvalue weighted by atomic mass is 10.2. The van der Waals surface area contributed by atoms with E-state index in [0.717, 1.165) is 5.56 Å². The molecule has 0 radical (unpaired) electrons. The van der Waals surface area contributed by atoms with Crippen molar-refractivity contribution in [1.82, 2.24) is 10.2 Å². The molecule has 8 heteroatoms. The highest BCUT2D eigenvalue weighted by Gasteiger charge is 2.33. The summed E-state index contributed by atoms with van der Waals surface area (Å²) in [7, 11) is 0. The van der Waals surface area contributed by atoms with Crippen molar-refractivity contribution in [2.24, 2.45) is 0 Å². The quantitative estimate of drug-likeness (QED) is 0.762. The van der Waals surface area contributed by atoms with Gasteiger partial charge in [-0.2, -0.15) is 0 Å². The summed E-state index contributed by atoms with van der Waals surface area (Å²) in [4.78, 5) is 36.3. The van der Waals surface area contributed by atoms with Crippen LogP contribution in [0.1, 0.15) is 18.9 Å². The molecule has 1 aromatic carbocycles. The van der Waals surface area contributed by atoms with Crippen LogP contribution in [0.25, 0.3) is 0 Å². The summed E-state index contributed by atoms with van der Waals surface area (Å²) >= 11 is 1.56. The number of hydrogen-bond acceptors (Lipinski definition) is 5. The molecule has 1 saturated heterocycles. The zero-order chi connectivity index (χ0) is 17.5. The molecule has 2 rings (SSSR count). The molecule has 0 spiro atoms. The molecule has 1 aliphatic rings. The molecule has 1 unspecified atom stereocenters. The Labute approximate surface area is 144 Å². The topological polar surface area (TPSA) is 95.9 Å². The largest absolute Gasteiger partial charge is 0.482 e. The molecule has 0 aliphatic carbocycles. The predicted octanol–water partition coefficient (Wildman–Crippen LogP) is 1.08. The number of aliphatic carboxylic acids is 1. The first-order chi connectivity index (χ1) is 11.5. The fraction of sp³-hybridized carbons (Fsp3) is 0.438. The molecule has 1 atom stereocenters. The summed E-state index contributed by atoms with van der Waals surface area (Å²) in [6.07, 6.45) is 0.382. The molecule has 24 heavy (non-hydrogen) atoms. The molecular formula is C16H20N2O5S. The van der Waals surface area contributed by atoms with E-state index in [1.165, 1.54) is 0 Å². The van der Waals surface area contributed by atoms with Gasteiger partial charge in [0.05, 0.1) is 5.88 Å². The molecule has 1 heterocycles. The van der Waals surface area contributed by atoms with Gasteiger partial charge in [0.15, 0.2) is 6.61 Å². The minimum Gasteiger partial charge on any atom is -0.482 e. The van der Waals surface area contributed by atoms with Crippen LogP contribution in [-0.2, 0) is 20.9 Å². The average Bonchev–Trinajstić information content (AvgIpc) is 3.07. The fourth-order valence-corrected chi connectivity index (χ4v) is 3.49. The van der Waals surface area contributed by atoms with Crippen molar-refractivity contribution in [3.63, 3.8) is 0 Å². The van der Waals surface area contributed by atoms with E-state index in [2.05, 4.69) is 5.32 Å². The number of nitrogens with zero attached hydrogens (tertiary/aromatic N) is 1. The van der Waals surface area contributed by atoms with E-state index in [0.29, 0.717) is 30.3 Å². The Morgan fingerprint density at radius 3 is 2.92 bits per heavy atom. The first-order valence-corrected chi connectivity index (χ1v) is 8.75. The van der Waals surface area contributed by atoms with Gasteiger partial charge < -0.3 is 20.1 Å². The molecule has 0 bridgehead atoms. The van der Waals surface area contributed by atoms with Gasteiger partial charge in [-0.25, -0.2) is 4.79 Å². The van der Waals surface area contributed by atoms with Crippen LogP contribution in [0.3, 0.4) is 0 Å². The molecule has 2 amide bonds. The zero-order valence-corrected chi connectivity index (χ0v) is 14.2. The molecule has 0 aromatic heterocycles. The molecular weight excluding hydrogens is 332 g/mol. The molecule has 1 fully saturated rings. The minimum atomic E-state index is -1.05. The molecule has 1 aliphatic heterocycles. The Balaban J connectivity index is 1.90. The summed E-state index contributed by atoms with van der Waals surface area (Å²) in [5.74, 6) is 0.321. The number of hydrogen-bond donors (Lipinski definition) is 2. The van der Waals surface area contributed by atoms with Crippen LogP contribution in [0.4, 0.5) is 0 Å². The van der Waals surface area contributed by atoms with Crippen LogP contribution in [0.2, 0.25) is 0 Å². The Morgan fingerprint density at radius 2 is 2.21 bits per heavy atom. The predicted molar refractivity (Wildman–Crippen MR) is 89.7 cm³/mol. The fourth-order valence-electron chi connectivity index (χ4n) is 2.31. The van der Waals surface area contributed by atoms with Crippen LogP contribution in [0.15, 0.2) is 24.3 Å². The monoisotopic (exact) mass is 352 g/mol. The third kappa shape index (κ3) is 4.89. The Morgan fingerprint density at radius 1 is 1.42 bits per heavy atom. The molecule has 130 valence electrons. The van der Waals surface area contributed by atoms with Gasteiger partial charge in [-0.3, -0.25) is 9.59 Å². The minimum absolute atomic E-state index is 0.0239. The zero-order valence-electron chi connectivity index (χ0n) is 13.4. The summed E-state index contributed by atoms with van der Waals surface area (Å²) in [5, 5.41) is 11.4. The third-order valence-electron chi connectivity index (χ3n) is 3.54. The molecule has 2 N–H and O–H groups in total. The Kier molecular flexibility index (Phi) is 6.48. The van der Waals surface area contributed by atoms with Crippen molar-refractivity contribution in [3.8, 4) is 5.75 Å². The van der Waals surface area contributed by atoms with E-state index in [1.807, 2.05) is 6.07 Å². The summed E-state index contributed by atoms with van der Waals surface area (Å²) in [6.45, 7) is 1.66. The molecule has 1 aromatic rings. The van der Waals surface area contributed by atoms with E-state index in [9.17, 15) is 14.4 Å². The van der Waals surface area contributed by atoms with E-state index in [1.54, 1.807) is 41.8 Å². The number of ether oxygens (including phenoxy) is 1. The van der Waals surface area contributed by atoms with Crippen molar-refractivity contribution in [3.05, 3.63) is 29.8 Å². The summed E-state index contributed by atoms with van der Waals surface area (Å²) in [5.41, 5.74) is 0.797. The van der Waals surface area contributed by atoms with E-state index in [-0.39, 0.29) is 11.8 Å². The normalized spacial score (nSPS) is 16.7. The summed E-state index contributed by atoms with van der Waals surface area (Å²) < 4.78 is 5.11. The number of nitrogens with one attached hydrogen (secondary N) is 1. The first-order valence-electron chi connectivity index (χ1n) is 7.59. The van der Waals surface area contributed by atoms with Crippen molar-refractivity contribution in [2.75, 3.05) is 18.2 Å². The van der Waals surface area contributed by atoms with Gasteiger partial charge >= 0.3 is 5.97 Å². The standard InChI is InChI=1S/C16H20N2O5S/c1-2-14(19)18-10-24-9-13(18)16(22)17-7-11-4-3-5-12(6-11)23-8-15(20)21/h3-6,13H,2,7-10H2,1H3,(H,17,22)(H,20,21). The molecule has 0 saturated carbocycles. The van der Waals surface area contributed by atoms with Crippen molar-refractivity contribution in [2.45, 2.75) is 25.9 Å². The van der Waals surface area contributed by atoms with Crippen LogP contribution >= 0.6 is 11.8 Å².